The van der Waals surface area contributed by atoms with Gasteiger partial charge in [-0.2, -0.15) is 0 Å². The minimum absolute atomic E-state index is 0.306. The van der Waals surface area contributed by atoms with Crippen molar-refractivity contribution in [3.8, 4) is 0 Å². The van der Waals surface area contributed by atoms with E-state index in [0.29, 0.717) is 12.2 Å². The largest absolute Gasteiger partial charge is 0.481 e. The van der Waals surface area contributed by atoms with Crippen LogP contribution in [-0.4, -0.2) is 21.0 Å². The van der Waals surface area contributed by atoms with Gasteiger partial charge in [-0.1, -0.05) is 30.3 Å². The van der Waals surface area contributed by atoms with Crippen molar-refractivity contribution in [3.63, 3.8) is 0 Å². The van der Waals surface area contributed by atoms with Crippen LogP contribution in [0.2, 0.25) is 0 Å². The molecule has 0 saturated heterocycles. The maximum absolute atomic E-state index is 11.2. The van der Waals surface area contributed by atoms with Crippen molar-refractivity contribution in [2.45, 2.75) is 12.3 Å². The van der Waals surface area contributed by atoms with Crippen LogP contribution in [0.3, 0.4) is 0 Å². The number of carbonyl (C=O) groups is 1. The second kappa shape index (κ2) is 5.21. The van der Waals surface area contributed by atoms with Gasteiger partial charge in [0.2, 0.25) is 0 Å². The summed E-state index contributed by atoms with van der Waals surface area (Å²) in [7, 11) is 0. The molecule has 1 aromatic heterocycles. The second-order valence-electron chi connectivity index (χ2n) is 3.67. The van der Waals surface area contributed by atoms with E-state index in [1.54, 1.807) is 18.5 Å². The minimum Gasteiger partial charge on any atom is -0.481 e. The highest BCUT2D eigenvalue weighted by molar-refractivity contribution is 5.76. The number of aliphatic carboxylic acids is 1. The molecule has 1 atom stereocenters. The van der Waals surface area contributed by atoms with Gasteiger partial charge in [0.15, 0.2) is 0 Å². The molecule has 4 nitrogen and oxygen atoms in total. The van der Waals surface area contributed by atoms with Crippen LogP contribution >= 0.6 is 0 Å². The first-order valence-electron chi connectivity index (χ1n) is 5.31. The first-order valence-corrected chi connectivity index (χ1v) is 5.31. The van der Waals surface area contributed by atoms with E-state index in [1.165, 1.54) is 0 Å². The van der Waals surface area contributed by atoms with Crippen molar-refractivity contribution >= 4 is 5.97 Å². The zero-order valence-electron chi connectivity index (χ0n) is 9.15. The van der Waals surface area contributed by atoms with E-state index in [9.17, 15) is 9.90 Å². The van der Waals surface area contributed by atoms with Gasteiger partial charge in [0.05, 0.1) is 5.92 Å². The fourth-order valence-corrected chi connectivity index (χ4v) is 1.65. The molecular formula is C13H12N2O2. The third-order valence-electron chi connectivity index (χ3n) is 2.51. The Bertz CT molecular complexity index is 485. The summed E-state index contributed by atoms with van der Waals surface area (Å²) in [6, 6.07) is 10.8. The summed E-state index contributed by atoms with van der Waals surface area (Å²) >= 11 is 0. The minimum atomic E-state index is -0.858. The molecule has 0 aliphatic carbocycles. The van der Waals surface area contributed by atoms with Crippen LogP contribution in [-0.2, 0) is 11.2 Å². The lowest BCUT2D eigenvalue weighted by Gasteiger charge is -2.11. The number of rotatable bonds is 4. The van der Waals surface area contributed by atoms with Gasteiger partial charge >= 0.3 is 5.97 Å². The van der Waals surface area contributed by atoms with Crippen molar-refractivity contribution in [2.24, 2.45) is 0 Å². The molecule has 0 amide bonds. The van der Waals surface area contributed by atoms with Crippen molar-refractivity contribution in [3.05, 3.63) is 60.2 Å². The number of hydrogen-bond donors (Lipinski definition) is 1. The molecule has 0 saturated carbocycles. The maximum Gasteiger partial charge on any atom is 0.311 e. The average Bonchev–Trinajstić information content (AvgIpc) is 2.38. The summed E-state index contributed by atoms with van der Waals surface area (Å²) in [5.74, 6) is -0.911. The van der Waals surface area contributed by atoms with Crippen molar-refractivity contribution in [2.75, 3.05) is 0 Å². The molecule has 0 spiro atoms. The first kappa shape index (κ1) is 11.3. The maximum atomic E-state index is 11.2. The molecule has 1 N–H and O–H groups in total. The normalized spacial score (nSPS) is 12.0. The van der Waals surface area contributed by atoms with E-state index < -0.39 is 11.9 Å². The highest BCUT2D eigenvalue weighted by Crippen LogP contribution is 2.19. The molecule has 86 valence electrons. The summed E-state index contributed by atoms with van der Waals surface area (Å²) in [4.78, 5) is 19.4. The molecule has 17 heavy (non-hydrogen) atoms. The smallest absolute Gasteiger partial charge is 0.311 e. The Hall–Kier alpha value is -2.23. The van der Waals surface area contributed by atoms with E-state index in [2.05, 4.69) is 9.97 Å². The fraction of sp³-hybridized carbons (Fsp3) is 0.154. The Morgan fingerprint density at radius 2 is 1.76 bits per heavy atom. The van der Waals surface area contributed by atoms with Crippen LogP contribution < -0.4 is 0 Å². The van der Waals surface area contributed by atoms with Gasteiger partial charge < -0.3 is 5.11 Å². The predicted molar refractivity (Wildman–Crippen MR) is 62.6 cm³/mol. The number of benzene rings is 1. The molecule has 0 aliphatic rings. The lowest BCUT2D eigenvalue weighted by atomic mass is 9.95. The van der Waals surface area contributed by atoms with Gasteiger partial charge in [0.1, 0.15) is 5.82 Å². The average molecular weight is 228 g/mol. The van der Waals surface area contributed by atoms with Crippen LogP contribution in [0.4, 0.5) is 0 Å². The number of carboxylic acid groups (broad SMARTS) is 1. The Kier molecular flexibility index (Phi) is 3.45. The Labute approximate surface area is 99.0 Å². The number of nitrogens with zero attached hydrogens (tertiary/aromatic N) is 2. The molecule has 1 unspecified atom stereocenters. The zero-order chi connectivity index (χ0) is 12.1. The molecule has 2 rings (SSSR count). The van der Waals surface area contributed by atoms with Gasteiger partial charge in [0.25, 0.3) is 0 Å². The molecule has 1 heterocycles. The molecule has 0 bridgehead atoms. The van der Waals surface area contributed by atoms with Crippen molar-refractivity contribution < 1.29 is 9.90 Å². The van der Waals surface area contributed by atoms with Gasteiger partial charge in [-0.25, -0.2) is 9.97 Å². The van der Waals surface area contributed by atoms with E-state index in [4.69, 9.17) is 0 Å². The summed E-state index contributed by atoms with van der Waals surface area (Å²) in [5.41, 5.74) is 0.771. The Morgan fingerprint density at radius 3 is 2.35 bits per heavy atom. The van der Waals surface area contributed by atoms with Gasteiger partial charge in [-0.15, -0.1) is 0 Å². The molecule has 1 aromatic carbocycles. The predicted octanol–water partition coefficient (Wildman–Crippen LogP) is 1.89. The molecule has 4 heteroatoms. The Balaban J connectivity index is 2.23. The van der Waals surface area contributed by atoms with Gasteiger partial charge in [0, 0.05) is 18.8 Å². The number of hydrogen-bond acceptors (Lipinski definition) is 3. The highest BCUT2D eigenvalue weighted by Gasteiger charge is 2.20. The van der Waals surface area contributed by atoms with E-state index >= 15 is 0 Å². The van der Waals surface area contributed by atoms with Crippen molar-refractivity contribution in [1.29, 1.82) is 0 Å². The first-order chi connectivity index (χ1) is 8.27. The van der Waals surface area contributed by atoms with E-state index in [1.807, 2.05) is 30.3 Å². The fourth-order valence-electron chi connectivity index (χ4n) is 1.65. The number of carboxylic acids is 1. The van der Waals surface area contributed by atoms with Gasteiger partial charge in [-0.05, 0) is 11.6 Å². The summed E-state index contributed by atoms with van der Waals surface area (Å²) in [6.07, 6.45) is 3.54. The third-order valence-corrected chi connectivity index (χ3v) is 2.51. The van der Waals surface area contributed by atoms with Crippen LogP contribution in [0.5, 0.6) is 0 Å². The van der Waals surface area contributed by atoms with Crippen molar-refractivity contribution in [1.82, 2.24) is 9.97 Å². The van der Waals surface area contributed by atoms with Crippen LogP contribution in [0, 0.1) is 0 Å². The lowest BCUT2D eigenvalue weighted by molar-refractivity contribution is -0.138. The molecule has 2 aromatic rings. The SMILES string of the molecule is O=C(O)C(Cc1ncccn1)c1ccccc1. The topological polar surface area (TPSA) is 63.1 Å². The molecule has 0 radical (unpaired) electrons. The highest BCUT2D eigenvalue weighted by atomic mass is 16.4. The van der Waals surface area contributed by atoms with E-state index in [-0.39, 0.29) is 0 Å². The zero-order valence-corrected chi connectivity index (χ0v) is 9.15. The van der Waals surface area contributed by atoms with Crippen LogP contribution in [0.15, 0.2) is 48.8 Å². The molecule has 0 fully saturated rings. The summed E-state index contributed by atoms with van der Waals surface area (Å²) < 4.78 is 0. The second-order valence-corrected chi connectivity index (χ2v) is 3.67. The third kappa shape index (κ3) is 2.87. The number of aromatic nitrogens is 2. The standard InChI is InChI=1S/C13H12N2O2/c16-13(17)11(10-5-2-1-3-6-10)9-12-14-7-4-8-15-12/h1-8,11H,9H2,(H,16,17). The quantitative estimate of drug-likeness (QED) is 0.867. The van der Waals surface area contributed by atoms with Crippen LogP contribution in [0.25, 0.3) is 0 Å². The monoisotopic (exact) mass is 228 g/mol. The molecule has 0 aliphatic heterocycles. The lowest BCUT2D eigenvalue weighted by Crippen LogP contribution is -2.15. The van der Waals surface area contributed by atoms with Crippen LogP contribution in [0.1, 0.15) is 17.3 Å². The van der Waals surface area contributed by atoms with Gasteiger partial charge in [-0.3, -0.25) is 4.79 Å². The Morgan fingerprint density at radius 1 is 1.12 bits per heavy atom. The summed E-state index contributed by atoms with van der Waals surface area (Å²) in [6.45, 7) is 0. The molecular weight excluding hydrogens is 216 g/mol. The van der Waals surface area contributed by atoms with E-state index in [0.717, 1.165) is 5.56 Å². The summed E-state index contributed by atoms with van der Waals surface area (Å²) in [5, 5.41) is 9.23.